The minimum atomic E-state index is 0.770. The Hall–Kier alpha value is -1.08. The van der Waals surface area contributed by atoms with Crippen LogP contribution in [0.5, 0.6) is 0 Å². The van der Waals surface area contributed by atoms with Crippen LogP contribution >= 0.6 is 0 Å². The summed E-state index contributed by atoms with van der Waals surface area (Å²) >= 11 is 0. The highest BCUT2D eigenvalue weighted by molar-refractivity contribution is 5.17. The molecule has 84 valence electrons. The molecule has 0 amide bonds. The zero-order valence-electron chi connectivity index (χ0n) is 9.73. The van der Waals surface area contributed by atoms with Crippen LogP contribution in [0, 0.1) is 0 Å². The van der Waals surface area contributed by atoms with Crippen molar-refractivity contribution in [1.29, 1.82) is 0 Å². The average Bonchev–Trinajstić information content (AvgIpc) is 2.54. The van der Waals surface area contributed by atoms with Crippen LogP contribution in [0.15, 0.2) is 42.5 Å². The number of rotatable bonds is 2. The van der Waals surface area contributed by atoms with Crippen LogP contribution in [0.4, 0.5) is 0 Å². The van der Waals surface area contributed by atoms with Gasteiger partial charge in [-0.25, -0.2) is 0 Å². The summed E-state index contributed by atoms with van der Waals surface area (Å²) in [7, 11) is 0. The molecule has 0 spiro atoms. The predicted octanol–water partition coefficient (Wildman–Crippen LogP) is 3.37. The Labute approximate surface area is 97.8 Å². The maximum atomic E-state index is 4.17. The molecule has 0 radical (unpaired) electrons. The third kappa shape index (κ3) is 1.80. The molecule has 1 aromatic rings. The number of hydrogen-bond acceptors (Lipinski definition) is 1. The lowest BCUT2D eigenvalue weighted by Gasteiger charge is -2.35. The molecule has 2 heterocycles. The monoisotopic (exact) mass is 213 g/mol. The van der Waals surface area contributed by atoms with Crippen molar-refractivity contribution in [2.24, 2.45) is 0 Å². The van der Waals surface area contributed by atoms with Gasteiger partial charge in [-0.3, -0.25) is 4.90 Å². The number of fused-ring (bicyclic) bond motifs is 2. The van der Waals surface area contributed by atoms with Gasteiger partial charge in [0.25, 0.3) is 0 Å². The molecule has 0 N–H and O–H groups in total. The molecule has 2 bridgehead atoms. The van der Waals surface area contributed by atoms with Crippen molar-refractivity contribution in [1.82, 2.24) is 4.90 Å². The molecule has 16 heavy (non-hydrogen) atoms. The van der Waals surface area contributed by atoms with Gasteiger partial charge in [0, 0.05) is 18.6 Å². The fourth-order valence-electron chi connectivity index (χ4n) is 3.26. The van der Waals surface area contributed by atoms with Crippen molar-refractivity contribution in [2.75, 3.05) is 0 Å². The lowest BCUT2D eigenvalue weighted by atomic mass is 9.97. The van der Waals surface area contributed by atoms with E-state index in [0.717, 1.165) is 18.6 Å². The average molecular weight is 213 g/mol. The molecule has 0 saturated carbocycles. The predicted molar refractivity (Wildman–Crippen MR) is 67.2 cm³/mol. The summed E-state index contributed by atoms with van der Waals surface area (Å²) in [5.74, 6) is 0. The maximum absolute atomic E-state index is 4.17. The molecule has 1 aromatic carbocycles. The van der Waals surface area contributed by atoms with Crippen LogP contribution in [0.2, 0.25) is 0 Å². The topological polar surface area (TPSA) is 3.24 Å². The first-order valence-corrected chi connectivity index (χ1v) is 6.29. The first kappa shape index (κ1) is 10.1. The molecule has 3 rings (SSSR count). The van der Waals surface area contributed by atoms with Gasteiger partial charge < -0.3 is 0 Å². The molecule has 2 atom stereocenters. The zero-order chi connectivity index (χ0) is 11.0. The Kier molecular flexibility index (Phi) is 2.56. The van der Waals surface area contributed by atoms with Crippen molar-refractivity contribution in [2.45, 2.75) is 44.3 Å². The third-order valence-corrected chi connectivity index (χ3v) is 4.03. The molecular formula is C15H19N. The number of piperidine rings is 1. The van der Waals surface area contributed by atoms with Gasteiger partial charge in [-0.1, -0.05) is 42.5 Å². The standard InChI is InChI=1S/C15H19N/c1-12-9-14-7-8-15(10-12)16(14)11-13-5-3-2-4-6-13/h2-6,14-15H,1,7-11H2/t14-,15+. The van der Waals surface area contributed by atoms with E-state index >= 15 is 0 Å². The van der Waals surface area contributed by atoms with E-state index in [0.29, 0.717) is 0 Å². The Morgan fingerprint density at radius 3 is 2.31 bits per heavy atom. The van der Waals surface area contributed by atoms with Gasteiger partial charge >= 0.3 is 0 Å². The third-order valence-electron chi connectivity index (χ3n) is 4.03. The van der Waals surface area contributed by atoms with E-state index in [-0.39, 0.29) is 0 Å². The second-order valence-electron chi connectivity index (χ2n) is 5.20. The van der Waals surface area contributed by atoms with Crippen molar-refractivity contribution in [3.8, 4) is 0 Å². The molecular weight excluding hydrogens is 194 g/mol. The molecule has 0 aromatic heterocycles. The van der Waals surface area contributed by atoms with E-state index in [1.54, 1.807) is 0 Å². The normalized spacial score (nSPS) is 29.6. The van der Waals surface area contributed by atoms with Gasteiger partial charge in [-0.2, -0.15) is 0 Å². The van der Waals surface area contributed by atoms with Crippen LogP contribution in [0.1, 0.15) is 31.2 Å². The van der Waals surface area contributed by atoms with E-state index in [1.807, 2.05) is 0 Å². The lowest BCUT2D eigenvalue weighted by Crippen LogP contribution is -2.39. The van der Waals surface area contributed by atoms with Crippen molar-refractivity contribution in [3.05, 3.63) is 48.0 Å². The Balaban J connectivity index is 1.75. The molecule has 1 nitrogen and oxygen atoms in total. The molecule has 2 aliphatic heterocycles. The van der Waals surface area contributed by atoms with Crippen LogP contribution in [-0.4, -0.2) is 17.0 Å². The second kappa shape index (κ2) is 4.06. The molecule has 2 saturated heterocycles. The molecule has 0 aliphatic carbocycles. The summed E-state index contributed by atoms with van der Waals surface area (Å²) in [5.41, 5.74) is 2.92. The molecule has 0 unspecified atom stereocenters. The zero-order valence-corrected chi connectivity index (χ0v) is 9.73. The molecule has 1 heteroatoms. The quantitative estimate of drug-likeness (QED) is 0.681. The largest absolute Gasteiger partial charge is 0.293 e. The Morgan fingerprint density at radius 1 is 1.06 bits per heavy atom. The summed E-state index contributed by atoms with van der Waals surface area (Å²) in [5, 5.41) is 0. The first-order chi connectivity index (χ1) is 7.83. The summed E-state index contributed by atoms with van der Waals surface area (Å²) in [6, 6.07) is 12.4. The van der Waals surface area contributed by atoms with Crippen LogP contribution < -0.4 is 0 Å². The summed E-state index contributed by atoms with van der Waals surface area (Å²) < 4.78 is 0. The Morgan fingerprint density at radius 2 is 1.69 bits per heavy atom. The van der Waals surface area contributed by atoms with E-state index in [9.17, 15) is 0 Å². The number of nitrogens with zero attached hydrogens (tertiary/aromatic N) is 1. The smallest absolute Gasteiger partial charge is 0.0239 e. The van der Waals surface area contributed by atoms with Crippen molar-refractivity contribution < 1.29 is 0 Å². The fraction of sp³-hybridized carbons (Fsp3) is 0.467. The van der Waals surface area contributed by atoms with E-state index in [2.05, 4.69) is 41.8 Å². The highest BCUT2D eigenvalue weighted by Gasteiger charge is 2.37. The van der Waals surface area contributed by atoms with Gasteiger partial charge in [-0.05, 0) is 31.2 Å². The lowest BCUT2D eigenvalue weighted by molar-refractivity contribution is 0.157. The summed E-state index contributed by atoms with van der Waals surface area (Å²) in [6.07, 6.45) is 5.19. The maximum Gasteiger partial charge on any atom is 0.0239 e. The first-order valence-electron chi connectivity index (χ1n) is 6.29. The number of hydrogen-bond donors (Lipinski definition) is 0. The molecule has 2 aliphatic rings. The SMILES string of the molecule is C=C1C[C@H]2CC[C@@H](C1)N2Cc1ccccc1. The van der Waals surface area contributed by atoms with Crippen molar-refractivity contribution in [3.63, 3.8) is 0 Å². The fourth-order valence-corrected chi connectivity index (χ4v) is 3.26. The van der Waals surface area contributed by atoms with E-state index in [1.165, 1.54) is 36.8 Å². The summed E-state index contributed by atoms with van der Waals surface area (Å²) in [4.78, 5) is 2.70. The van der Waals surface area contributed by atoms with Crippen LogP contribution in [-0.2, 0) is 6.54 Å². The van der Waals surface area contributed by atoms with E-state index < -0.39 is 0 Å². The number of benzene rings is 1. The highest BCUT2D eigenvalue weighted by atomic mass is 15.2. The minimum absolute atomic E-state index is 0.770. The van der Waals surface area contributed by atoms with E-state index in [4.69, 9.17) is 0 Å². The van der Waals surface area contributed by atoms with Crippen LogP contribution in [0.3, 0.4) is 0 Å². The Bertz CT molecular complexity index is 366. The second-order valence-corrected chi connectivity index (χ2v) is 5.20. The highest BCUT2D eigenvalue weighted by Crippen LogP contribution is 2.38. The van der Waals surface area contributed by atoms with Gasteiger partial charge in [0.2, 0.25) is 0 Å². The van der Waals surface area contributed by atoms with Gasteiger partial charge in [0.15, 0.2) is 0 Å². The van der Waals surface area contributed by atoms with Crippen molar-refractivity contribution >= 4 is 0 Å². The van der Waals surface area contributed by atoms with Gasteiger partial charge in [0.1, 0.15) is 0 Å². The van der Waals surface area contributed by atoms with Gasteiger partial charge in [-0.15, -0.1) is 0 Å². The van der Waals surface area contributed by atoms with Crippen LogP contribution in [0.25, 0.3) is 0 Å². The summed E-state index contributed by atoms with van der Waals surface area (Å²) in [6.45, 7) is 5.30. The molecule has 2 fully saturated rings. The minimum Gasteiger partial charge on any atom is -0.293 e. The van der Waals surface area contributed by atoms with Gasteiger partial charge in [0.05, 0.1) is 0 Å².